The molecule has 0 bridgehead atoms. The molecule has 1 aromatic carbocycles. The van der Waals surface area contributed by atoms with Crippen molar-refractivity contribution in [1.82, 2.24) is 24.0 Å². The second kappa shape index (κ2) is 8.28. The minimum Gasteiger partial charge on any atom is -0.354 e. The number of hydrogen-bond acceptors (Lipinski definition) is 6. The first kappa shape index (κ1) is 20.0. The van der Waals surface area contributed by atoms with Crippen molar-refractivity contribution in [3.05, 3.63) is 70.0 Å². The number of nitrogens with zero attached hydrogens (tertiary/aromatic N) is 6. The quantitative estimate of drug-likeness (QED) is 0.483. The molecule has 1 fully saturated rings. The molecule has 1 saturated heterocycles. The Morgan fingerprint density at radius 2 is 1.94 bits per heavy atom. The normalized spacial score (nSPS) is 15.1. The van der Waals surface area contributed by atoms with Gasteiger partial charge in [0.2, 0.25) is 0 Å². The first-order valence-corrected chi connectivity index (χ1v) is 11.4. The van der Waals surface area contributed by atoms with E-state index < -0.39 is 0 Å². The third-order valence-corrected chi connectivity index (χ3v) is 6.85. The summed E-state index contributed by atoms with van der Waals surface area (Å²) >= 11 is 1.67. The summed E-state index contributed by atoms with van der Waals surface area (Å²) in [6.45, 7) is 6.67. The smallest absolute Gasteiger partial charge is 0.332 e. The number of hydrogen-bond donors (Lipinski definition) is 0. The van der Waals surface area contributed by atoms with Gasteiger partial charge in [-0.15, -0.1) is 11.3 Å². The van der Waals surface area contributed by atoms with E-state index in [1.807, 2.05) is 49.8 Å². The summed E-state index contributed by atoms with van der Waals surface area (Å²) in [7, 11) is 2.15. The van der Waals surface area contributed by atoms with E-state index in [4.69, 9.17) is 0 Å². The minimum atomic E-state index is -0.0312. The number of likely N-dealkylation sites (N-methyl/N-ethyl adjacent to an activating group) is 1. The maximum absolute atomic E-state index is 13.0. The predicted octanol–water partition coefficient (Wildman–Crippen LogP) is 2.95. The van der Waals surface area contributed by atoms with E-state index >= 15 is 0 Å². The maximum Gasteiger partial charge on any atom is 0.332 e. The molecule has 5 rings (SSSR count). The van der Waals surface area contributed by atoms with E-state index in [2.05, 4.69) is 32.9 Å². The van der Waals surface area contributed by atoms with Gasteiger partial charge in [0, 0.05) is 51.3 Å². The maximum atomic E-state index is 13.0. The molecule has 0 unspecified atom stereocenters. The molecule has 0 saturated carbocycles. The SMILES string of the molecule is Cc1nc2cc(-n3ccn(CCc4cccnc4N4CCN(C)CC4)c3=O)ccc2s1. The van der Waals surface area contributed by atoms with Crippen LogP contribution in [0.15, 0.2) is 53.7 Å². The number of fused-ring (bicyclic) bond motifs is 1. The third-order valence-electron chi connectivity index (χ3n) is 5.90. The van der Waals surface area contributed by atoms with Crippen LogP contribution < -0.4 is 10.6 Å². The Bertz CT molecular complexity index is 1260. The van der Waals surface area contributed by atoms with Crippen LogP contribution in [0.2, 0.25) is 0 Å². The number of rotatable bonds is 5. The first-order chi connectivity index (χ1) is 15.1. The zero-order valence-electron chi connectivity index (χ0n) is 17.9. The van der Waals surface area contributed by atoms with Crippen molar-refractivity contribution in [1.29, 1.82) is 0 Å². The molecule has 8 heteroatoms. The van der Waals surface area contributed by atoms with Crippen LogP contribution in [0.3, 0.4) is 0 Å². The standard InChI is InChI=1S/C23H26N6OS/c1-17-25-20-16-19(5-6-21(20)31-17)29-15-14-28(23(29)30)9-7-18-4-3-8-24-22(18)27-12-10-26(2)11-13-27/h3-6,8,14-16H,7,9-13H2,1-2H3. The van der Waals surface area contributed by atoms with Gasteiger partial charge in [-0.3, -0.25) is 9.13 Å². The van der Waals surface area contributed by atoms with E-state index in [9.17, 15) is 4.79 Å². The molecule has 7 nitrogen and oxygen atoms in total. The summed E-state index contributed by atoms with van der Waals surface area (Å²) < 4.78 is 4.61. The highest BCUT2D eigenvalue weighted by molar-refractivity contribution is 7.18. The number of pyridine rings is 1. The predicted molar refractivity (Wildman–Crippen MR) is 126 cm³/mol. The molecule has 1 aliphatic rings. The molecular formula is C23H26N6OS. The summed E-state index contributed by atoms with van der Waals surface area (Å²) in [5.41, 5.74) is 2.94. The van der Waals surface area contributed by atoms with Gasteiger partial charge in [-0.05, 0) is 50.2 Å². The highest BCUT2D eigenvalue weighted by Crippen LogP contribution is 2.24. The zero-order chi connectivity index (χ0) is 21.4. The van der Waals surface area contributed by atoms with Gasteiger partial charge in [0.1, 0.15) is 5.82 Å². The first-order valence-electron chi connectivity index (χ1n) is 10.6. The van der Waals surface area contributed by atoms with Crippen LogP contribution in [0.25, 0.3) is 15.9 Å². The van der Waals surface area contributed by atoms with Crippen LogP contribution in [0.5, 0.6) is 0 Å². The van der Waals surface area contributed by atoms with E-state index in [1.54, 1.807) is 20.5 Å². The van der Waals surface area contributed by atoms with Crippen molar-refractivity contribution in [2.24, 2.45) is 0 Å². The molecule has 0 N–H and O–H groups in total. The van der Waals surface area contributed by atoms with Gasteiger partial charge in [-0.1, -0.05) is 6.07 Å². The summed E-state index contributed by atoms with van der Waals surface area (Å²) in [6.07, 6.45) is 6.33. The van der Waals surface area contributed by atoms with Crippen LogP contribution >= 0.6 is 11.3 Å². The van der Waals surface area contributed by atoms with Gasteiger partial charge in [-0.25, -0.2) is 14.8 Å². The number of anilines is 1. The van der Waals surface area contributed by atoms with Crippen molar-refractivity contribution in [2.75, 3.05) is 38.1 Å². The topological polar surface area (TPSA) is 59.2 Å². The number of aryl methyl sites for hydroxylation is 3. The van der Waals surface area contributed by atoms with Crippen molar-refractivity contribution >= 4 is 27.4 Å². The Morgan fingerprint density at radius 3 is 2.77 bits per heavy atom. The zero-order valence-corrected chi connectivity index (χ0v) is 18.7. The van der Waals surface area contributed by atoms with Gasteiger partial charge in [0.05, 0.1) is 20.9 Å². The lowest BCUT2D eigenvalue weighted by Gasteiger charge is -2.34. The van der Waals surface area contributed by atoms with E-state index in [0.717, 1.165) is 59.3 Å². The van der Waals surface area contributed by atoms with Crippen LogP contribution in [-0.2, 0) is 13.0 Å². The monoisotopic (exact) mass is 434 g/mol. The minimum absolute atomic E-state index is 0.0312. The molecule has 0 amide bonds. The van der Waals surface area contributed by atoms with Gasteiger partial charge in [0.25, 0.3) is 0 Å². The second-order valence-corrected chi connectivity index (χ2v) is 9.29. The second-order valence-electron chi connectivity index (χ2n) is 8.06. The lowest BCUT2D eigenvalue weighted by atomic mass is 10.1. The number of aromatic nitrogens is 4. The summed E-state index contributed by atoms with van der Waals surface area (Å²) in [4.78, 5) is 26.9. The summed E-state index contributed by atoms with van der Waals surface area (Å²) in [5.74, 6) is 1.05. The van der Waals surface area contributed by atoms with Crippen LogP contribution in [0.1, 0.15) is 10.6 Å². The van der Waals surface area contributed by atoms with E-state index in [-0.39, 0.29) is 5.69 Å². The molecule has 0 atom stereocenters. The molecular weight excluding hydrogens is 408 g/mol. The van der Waals surface area contributed by atoms with Gasteiger partial charge in [-0.2, -0.15) is 0 Å². The molecule has 4 heterocycles. The lowest BCUT2D eigenvalue weighted by Crippen LogP contribution is -2.45. The molecule has 4 aromatic rings. The number of benzene rings is 1. The number of thiazole rings is 1. The number of piperazine rings is 1. The van der Waals surface area contributed by atoms with Gasteiger partial charge in [0.15, 0.2) is 0 Å². The third kappa shape index (κ3) is 4.00. The van der Waals surface area contributed by atoms with E-state index in [1.165, 1.54) is 5.56 Å². The molecule has 3 aromatic heterocycles. The van der Waals surface area contributed by atoms with Gasteiger partial charge < -0.3 is 9.80 Å². The largest absolute Gasteiger partial charge is 0.354 e. The molecule has 0 aliphatic carbocycles. The fourth-order valence-electron chi connectivity index (χ4n) is 4.13. The van der Waals surface area contributed by atoms with Crippen molar-refractivity contribution in [3.63, 3.8) is 0 Å². The highest BCUT2D eigenvalue weighted by atomic mass is 32.1. The van der Waals surface area contributed by atoms with Gasteiger partial charge >= 0.3 is 5.69 Å². The fraction of sp³-hybridized carbons (Fsp3) is 0.348. The molecule has 1 aliphatic heterocycles. The van der Waals surface area contributed by atoms with Crippen molar-refractivity contribution in [2.45, 2.75) is 19.9 Å². The van der Waals surface area contributed by atoms with Crippen LogP contribution in [-0.4, -0.2) is 57.2 Å². The fourth-order valence-corrected chi connectivity index (χ4v) is 4.94. The average molecular weight is 435 g/mol. The highest BCUT2D eigenvalue weighted by Gasteiger charge is 2.18. The van der Waals surface area contributed by atoms with Crippen LogP contribution in [0, 0.1) is 6.92 Å². The summed E-state index contributed by atoms with van der Waals surface area (Å²) in [6, 6.07) is 10.1. The average Bonchev–Trinajstić information content (AvgIpc) is 3.33. The van der Waals surface area contributed by atoms with E-state index in [0.29, 0.717) is 6.54 Å². The molecule has 31 heavy (non-hydrogen) atoms. The lowest BCUT2D eigenvalue weighted by molar-refractivity contribution is 0.311. The Balaban J connectivity index is 1.35. The summed E-state index contributed by atoms with van der Waals surface area (Å²) in [5, 5.41) is 1.03. The van der Waals surface area contributed by atoms with Crippen molar-refractivity contribution in [3.8, 4) is 5.69 Å². The number of imidazole rings is 1. The Morgan fingerprint density at radius 1 is 1.10 bits per heavy atom. The molecule has 160 valence electrons. The Hall–Kier alpha value is -2.97. The molecule has 0 radical (unpaired) electrons. The van der Waals surface area contributed by atoms with Crippen LogP contribution in [0.4, 0.5) is 5.82 Å². The Kier molecular flexibility index (Phi) is 5.33. The molecule has 0 spiro atoms. The van der Waals surface area contributed by atoms with Crippen molar-refractivity contribution < 1.29 is 0 Å². The Labute approximate surface area is 185 Å².